The summed E-state index contributed by atoms with van der Waals surface area (Å²) in [6.07, 6.45) is 0. The van der Waals surface area contributed by atoms with Crippen LogP contribution in [0, 0.1) is 5.82 Å². The summed E-state index contributed by atoms with van der Waals surface area (Å²) in [7, 11) is 1.73. The van der Waals surface area contributed by atoms with Crippen LogP contribution >= 0.6 is 0 Å². The van der Waals surface area contributed by atoms with E-state index < -0.39 is 0 Å². The highest BCUT2D eigenvalue weighted by Gasteiger charge is 2.06. The topological polar surface area (TPSA) is 32.3 Å². The Kier molecular flexibility index (Phi) is 3.19. The highest BCUT2D eigenvalue weighted by molar-refractivity contribution is 5.19. The van der Waals surface area contributed by atoms with Gasteiger partial charge in [-0.05, 0) is 24.7 Å². The van der Waals surface area contributed by atoms with Crippen LogP contribution in [0.4, 0.5) is 4.39 Å². The molecule has 0 saturated heterocycles. The Bertz CT molecular complexity index is 248. The molecule has 0 spiro atoms. The van der Waals surface area contributed by atoms with Crippen LogP contribution in [0.3, 0.4) is 0 Å². The molecule has 2 N–H and O–H groups in total. The molecule has 0 radical (unpaired) electrons. The molecule has 0 aliphatic rings. The molecule has 1 rings (SSSR count). The van der Waals surface area contributed by atoms with E-state index in [-0.39, 0.29) is 18.5 Å². The lowest BCUT2D eigenvalue weighted by Crippen LogP contribution is -2.19. The van der Waals surface area contributed by atoms with Crippen molar-refractivity contribution in [3.63, 3.8) is 0 Å². The van der Waals surface area contributed by atoms with Gasteiger partial charge in [0.2, 0.25) is 0 Å². The molecule has 0 saturated carbocycles. The van der Waals surface area contributed by atoms with Gasteiger partial charge in [0, 0.05) is 0 Å². The van der Waals surface area contributed by atoms with Gasteiger partial charge in [0.15, 0.2) is 0 Å². The highest BCUT2D eigenvalue weighted by Crippen LogP contribution is 2.12. The van der Waals surface area contributed by atoms with Crippen molar-refractivity contribution in [1.82, 2.24) is 5.32 Å². The predicted octanol–water partition coefficient (Wildman–Crippen LogP) is 1.08. The van der Waals surface area contributed by atoms with E-state index in [1.807, 2.05) is 0 Å². The van der Waals surface area contributed by atoms with Gasteiger partial charge in [-0.2, -0.15) is 0 Å². The molecule has 0 bridgehead atoms. The molecule has 0 aliphatic heterocycles. The lowest BCUT2D eigenvalue weighted by atomic mass is 10.1. The van der Waals surface area contributed by atoms with E-state index in [0.717, 1.165) is 5.56 Å². The van der Waals surface area contributed by atoms with Gasteiger partial charge in [0.05, 0.1) is 12.6 Å². The van der Waals surface area contributed by atoms with Gasteiger partial charge in [-0.3, -0.25) is 0 Å². The van der Waals surface area contributed by atoms with Crippen LogP contribution in [-0.4, -0.2) is 18.8 Å². The zero-order valence-corrected chi connectivity index (χ0v) is 6.92. The zero-order chi connectivity index (χ0) is 8.97. The Morgan fingerprint density at radius 2 is 2.33 bits per heavy atom. The van der Waals surface area contributed by atoms with E-state index in [4.69, 9.17) is 5.11 Å². The summed E-state index contributed by atoms with van der Waals surface area (Å²) in [4.78, 5) is 0. The summed E-state index contributed by atoms with van der Waals surface area (Å²) >= 11 is 0. The summed E-state index contributed by atoms with van der Waals surface area (Å²) < 4.78 is 12.7. The number of aliphatic hydroxyl groups is 1. The summed E-state index contributed by atoms with van der Waals surface area (Å²) in [5, 5.41) is 11.8. The lowest BCUT2D eigenvalue weighted by Gasteiger charge is -2.12. The fraction of sp³-hybridized carbons (Fsp3) is 0.333. The van der Waals surface area contributed by atoms with Crippen molar-refractivity contribution >= 4 is 0 Å². The Morgan fingerprint density at radius 1 is 1.58 bits per heavy atom. The molecule has 0 unspecified atom stereocenters. The second-order valence-corrected chi connectivity index (χ2v) is 2.58. The molecule has 0 heterocycles. The second kappa shape index (κ2) is 4.18. The third-order valence-electron chi connectivity index (χ3n) is 1.78. The molecule has 0 fully saturated rings. The Morgan fingerprint density at radius 3 is 2.83 bits per heavy atom. The molecule has 1 atom stereocenters. The Balaban J connectivity index is 2.85. The third-order valence-corrected chi connectivity index (χ3v) is 1.78. The smallest absolute Gasteiger partial charge is 0.123 e. The zero-order valence-electron chi connectivity index (χ0n) is 6.92. The van der Waals surface area contributed by atoms with Gasteiger partial charge >= 0.3 is 0 Å². The fourth-order valence-electron chi connectivity index (χ4n) is 1.09. The molecular weight excluding hydrogens is 157 g/mol. The SMILES string of the molecule is CN[C@H](CO)c1cccc(F)c1. The molecule has 0 amide bonds. The second-order valence-electron chi connectivity index (χ2n) is 2.58. The van der Waals surface area contributed by atoms with E-state index in [1.54, 1.807) is 19.2 Å². The third kappa shape index (κ3) is 2.03. The van der Waals surface area contributed by atoms with E-state index in [0.29, 0.717) is 0 Å². The van der Waals surface area contributed by atoms with Crippen LogP contribution < -0.4 is 5.32 Å². The van der Waals surface area contributed by atoms with E-state index >= 15 is 0 Å². The first-order chi connectivity index (χ1) is 5.77. The predicted molar refractivity (Wildman–Crippen MR) is 45.3 cm³/mol. The number of hydrogen-bond donors (Lipinski definition) is 2. The minimum absolute atomic E-state index is 0.0278. The fourth-order valence-corrected chi connectivity index (χ4v) is 1.09. The van der Waals surface area contributed by atoms with Gasteiger partial charge in [-0.15, -0.1) is 0 Å². The quantitative estimate of drug-likeness (QED) is 0.709. The standard InChI is InChI=1S/C9H12FNO/c1-11-9(6-12)7-3-2-4-8(10)5-7/h2-5,9,11-12H,6H2,1H3/t9-/m1/s1. The molecule has 66 valence electrons. The summed E-state index contributed by atoms with van der Waals surface area (Å²) in [5.74, 6) is -0.277. The normalized spacial score (nSPS) is 12.9. The number of aliphatic hydroxyl groups excluding tert-OH is 1. The van der Waals surface area contributed by atoms with Crippen LogP contribution in [0.1, 0.15) is 11.6 Å². The average Bonchev–Trinajstić information content (AvgIpc) is 2.07. The van der Waals surface area contributed by atoms with E-state index in [1.165, 1.54) is 12.1 Å². The molecule has 12 heavy (non-hydrogen) atoms. The van der Waals surface area contributed by atoms with Gasteiger partial charge in [-0.25, -0.2) is 4.39 Å². The van der Waals surface area contributed by atoms with E-state index in [2.05, 4.69) is 5.32 Å². The van der Waals surface area contributed by atoms with Crippen LogP contribution in [0.5, 0.6) is 0 Å². The Labute approximate surface area is 71.0 Å². The van der Waals surface area contributed by atoms with Gasteiger partial charge in [0.1, 0.15) is 5.82 Å². The first-order valence-corrected chi connectivity index (χ1v) is 3.81. The first-order valence-electron chi connectivity index (χ1n) is 3.81. The minimum atomic E-state index is -0.277. The molecular formula is C9H12FNO. The van der Waals surface area contributed by atoms with Gasteiger partial charge < -0.3 is 10.4 Å². The average molecular weight is 169 g/mol. The number of halogens is 1. The molecule has 0 aromatic heterocycles. The summed E-state index contributed by atoms with van der Waals surface area (Å²) in [6, 6.07) is 6.02. The number of hydrogen-bond acceptors (Lipinski definition) is 2. The van der Waals surface area contributed by atoms with Crippen molar-refractivity contribution in [3.8, 4) is 0 Å². The summed E-state index contributed by atoms with van der Waals surface area (Å²) in [5.41, 5.74) is 0.764. The molecule has 2 nitrogen and oxygen atoms in total. The molecule has 0 aliphatic carbocycles. The van der Waals surface area contributed by atoms with Crippen molar-refractivity contribution < 1.29 is 9.50 Å². The van der Waals surface area contributed by atoms with Crippen LogP contribution in [-0.2, 0) is 0 Å². The van der Waals surface area contributed by atoms with Gasteiger partial charge in [0.25, 0.3) is 0 Å². The van der Waals surface area contributed by atoms with Crippen molar-refractivity contribution in [2.24, 2.45) is 0 Å². The van der Waals surface area contributed by atoms with Crippen LogP contribution in [0.15, 0.2) is 24.3 Å². The van der Waals surface area contributed by atoms with Crippen LogP contribution in [0.2, 0.25) is 0 Å². The molecule has 3 heteroatoms. The maximum atomic E-state index is 12.7. The van der Waals surface area contributed by atoms with Crippen molar-refractivity contribution in [2.75, 3.05) is 13.7 Å². The van der Waals surface area contributed by atoms with Crippen molar-refractivity contribution in [3.05, 3.63) is 35.6 Å². The van der Waals surface area contributed by atoms with E-state index in [9.17, 15) is 4.39 Å². The lowest BCUT2D eigenvalue weighted by molar-refractivity contribution is 0.250. The number of rotatable bonds is 3. The molecule has 1 aromatic carbocycles. The maximum Gasteiger partial charge on any atom is 0.123 e. The van der Waals surface area contributed by atoms with Crippen molar-refractivity contribution in [2.45, 2.75) is 6.04 Å². The van der Waals surface area contributed by atoms with Crippen LogP contribution in [0.25, 0.3) is 0 Å². The monoisotopic (exact) mass is 169 g/mol. The highest BCUT2D eigenvalue weighted by atomic mass is 19.1. The van der Waals surface area contributed by atoms with Crippen molar-refractivity contribution in [1.29, 1.82) is 0 Å². The Hall–Kier alpha value is -0.930. The maximum absolute atomic E-state index is 12.7. The largest absolute Gasteiger partial charge is 0.394 e. The minimum Gasteiger partial charge on any atom is -0.394 e. The first kappa shape index (κ1) is 9.16. The number of benzene rings is 1. The molecule has 1 aromatic rings. The number of likely N-dealkylation sites (N-methyl/N-ethyl adjacent to an activating group) is 1. The van der Waals surface area contributed by atoms with Gasteiger partial charge in [-0.1, -0.05) is 12.1 Å². The number of nitrogens with one attached hydrogen (secondary N) is 1. The summed E-state index contributed by atoms with van der Waals surface area (Å²) in [6.45, 7) is -0.0278.